The molecule has 9 heteroatoms. The summed E-state index contributed by atoms with van der Waals surface area (Å²) >= 11 is 0. The van der Waals surface area contributed by atoms with Gasteiger partial charge in [0.15, 0.2) is 17.6 Å². The lowest BCUT2D eigenvalue weighted by Gasteiger charge is -2.15. The lowest BCUT2D eigenvalue weighted by Crippen LogP contribution is -2.29. The van der Waals surface area contributed by atoms with E-state index in [1.54, 1.807) is 12.1 Å². The number of hydrogen-bond acceptors (Lipinski definition) is 6. The van der Waals surface area contributed by atoms with Crippen LogP contribution in [0.2, 0.25) is 0 Å². The van der Waals surface area contributed by atoms with Crippen molar-refractivity contribution >= 4 is 29.3 Å². The zero-order valence-electron chi connectivity index (χ0n) is 17.6. The van der Waals surface area contributed by atoms with E-state index < -0.39 is 24.6 Å². The van der Waals surface area contributed by atoms with Crippen LogP contribution in [0.4, 0.5) is 20.2 Å². The molecule has 0 fully saturated rings. The van der Waals surface area contributed by atoms with Crippen molar-refractivity contribution in [3.8, 4) is 11.5 Å². The van der Waals surface area contributed by atoms with Gasteiger partial charge in [0, 0.05) is 31.5 Å². The van der Waals surface area contributed by atoms with Crippen molar-refractivity contribution < 1.29 is 32.6 Å². The van der Waals surface area contributed by atoms with Crippen molar-refractivity contribution in [2.45, 2.75) is 19.6 Å². The molecule has 2 rings (SSSR count). The van der Waals surface area contributed by atoms with E-state index in [4.69, 9.17) is 9.47 Å². The number of esters is 1. The van der Waals surface area contributed by atoms with E-state index in [0.29, 0.717) is 11.3 Å². The molecule has 1 unspecified atom stereocenters. The van der Waals surface area contributed by atoms with Crippen molar-refractivity contribution in [1.82, 2.24) is 0 Å². The van der Waals surface area contributed by atoms with Crippen LogP contribution in [-0.2, 0) is 14.3 Å². The summed E-state index contributed by atoms with van der Waals surface area (Å²) in [5, 5.41) is 2.67. The largest absolute Gasteiger partial charge is 0.493 e. The fourth-order valence-corrected chi connectivity index (χ4v) is 2.50. The number of benzene rings is 2. The predicted molar refractivity (Wildman–Crippen MR) is 114 cm³/mol. The molecule has 31 heavy (non-hydrogen) atoms. The first-order valence-electron chi connectivity index (χ1n) is 9.29. The molecule has 0 aliphatic carbocycles. The van der Waals surface area contributed by atoms with Gasteiger partial charge in [-0.25, -0.2) is 4.79 Å². The molecule has 0 aliphatic rings. The Balaban J connectivity index is 1.93. The Bertz CT molecular complexity index is 930. The summed E-state index contributed by atoms with van der Waals surface area (Å²) in [6.45, 7) is -1.53. The molecule has 0 radical (unpaired) electrons. The highest BCUT2D eigenvalue weighted by molar-refractivity contribution is 5.96. The van der Waals surface area contributed by atoms with Crippen LogP contribution >= 0.6 is 0 Å². The molecule has 2 aromatic carbocycles. The highest BCUT2D eigenvalue weighted by Crippen LogP contribution is 2.29. The standard InChI is InChI=1S/C22H24F2N2O5/c1-14(21(28)25-16-7-9-17(10-8-16)26(2)3)30-20(27)12-6-15-5-11-18(31-22(23)24)19(13-15)29-4/h5-14,22H,1-4H3,(H,25,28)/b12-6+. The molecule has 0 spiro atoms. The van der Waals surface area contributed by atoms with Gasteiger partial charge in [0.1, 0.15) is 0 Å². The molecule has 0 saturated carbocycles. The highest BCUT2D eigenvalue weighted by atomic mass is 19.3. The zero-order chi connectivity index (χ0) is 23.0. The lowest BCUT2D eigenvalue weighted by atomic mass is 10.2. The number of ether oxygens (including phenoxy) is 3. The Labute approximate surface area is 179 Å². The van der Waals surface area contributed by atoms with Crippen LogP contribution in [0.1, 0.15) is 12.5 Å². The van der Waals surface area contributed by atoms with Crippen LogP contribution in [0.15, 0.2) is 48.5 Å². The number of nitrogens with one attached hydrogen (secondary N) is 1. The minimum absolute atomic E-state index is 0.0869. The topological polar surface area (TPSA) is 77.1 Å². The minimum atomic E-state index is -2.98. The van der Waals surface area contributed by atoms with Gasteiger partial charge in [-0.05, 0) is 55.0 Å². The summed E-state index contributed by atoms with van der Waals surface area (Å²) in [7, 11) is 5.12. The normalized spacial score (nSPS) is 11.8. The molecule has 0 saturated heterocycles. The van der Waals surface area contributed by atoms with Gasteiger partial charge in [-0.3, -0.25) is 4.79 Å². The number of alkyl halides is 2. The Kier molecular flexibility index (Phi) is 8.36. The van der Waals surface area contributed by atoms with Crippen LogP contribution in [0.3, 0.4) is 0 Å². The summed E-state index contributed by atoms with van der Waals surface area (Å²) in [6, 6.07) is 11.4. The summed E-state index contributed by atoms with van der Waals surface area (Å²) in [4.78, 5) is 26.2. The molecule has 0 heterocycles. The third-order valence-corrected chi connectivity index (χ3v) is 4.13. The molecule has 0 aliphatic heterocycles. The molecule has 166 valence electrons. The predicted octanol–water partition coefficient (Wildman–Crippen LogP) is 3.95. The first kappa shape index (κ1) is 23.7. The van der Waals surface area contributed by atoms with Crippen molar-refractivity contribution in [2.75, 3.05) is 31.4 Å². The third-order valence-electron chi connectivity index (χ3n) is 4.13. The van der Waals surface area contributed by atoms with Gasteiger partial charge in [-0.2, -0.15) is 8.78 Å². The van der Waals surface area contributed by atoms with E-state index in [-0.39, 0.29) is 11.5 Å². The fourth-order valence-electron chi connectivity index (χ4n) is 2.50. The number of halogens is 2. The third kappa shape index (κ3) is 7.29. The van der Waals surface area contributed by atoms with Crippen molar-refractivity contribution in [1.29, 1.82) is 0 Å². The molecule has 0 bridgehead atoms. The minimum Gasteiger partial charge on any atom is -0.493 e. The van der Waals surface area contributed by atoms with E-state index >= 15 is 0 Å². The number of hydrogen-bond donors (Lipinski definition) is 1. The Hall–Kier alpha value is -3.62. The number of anilines is 2. The van der Waals surface area contributed by atoms with Crippen LogP contribution in [0.25, 0.3) is 6.08 Å². The first-order valence-corrected chi connectivity index (χ1v) is 9.29. The van der Waals surface area contributed by atoms with E-state index in [9.17, 15) is 18.4 Å². The summed E-state index contributed by atoms with van der Waals surface area (Å²) in [5.41, 5.74) is 2.05. The molecule has 0 aromatic heterocycles. The maximum Gasteiger partial charge on any atom is 0.387 e. The van der Waals surface area contributed by atoms with Crippen LogP contribution in [0, 0.1) is 0 Å². The number of amides is 1. The Morgan fingerprint density at radius 2 is 1.74 bits per heavy atom. The lowest BCUT2D eigenvalue weighted by molar-refractivity contribution is -0.148. The average Bonchev–Trinajstić information content (AvgIpc) is 2.72. The van der Waals surface area contributed by atoms with Crippen molar-refractivity contribution in [3.05, 3.63) is 54.1 Å². The second-order valence-corrected chi connectivity index (χ2v) is 6.63. The number of carbonyl (C=O) groups excluding carboxylic acids is 2. The molecule has 1 atom stereocenters. The fraction of sp³-hybridized carbons (Fsp3) is 0.273. The van der Waals surface area contributed by atoms with Crippen LogP contribution in [0.5, 0.6) is 11.5 Å². The van der Waals surface area contributed by atoms with Crippen molar-refractivity contribution in [2.24, 2.45) is 0 Å². The molecule has 7 nitrogen and oxygen atoms in total. The Morgan fingerprint density at radius 3 is 2.32 bits per heavy atom. The maximum absolute atomic E-state index is 12.4. The number of nitrogens with zero attached hydrogens (tertiary/aromatic N) is 1. The smallest absolute Gasteiger partial charge is 0.387 e. The van der Waals surface area contributed by atoms with Gasteiger partial charge in [-0.15, -0.1) is 0 Å². The second kappa shape index (κ2) is 11.0. The van der Waals surface area contributed by atoms with E-state index in [1.807, 2.05) is 31.1 Å². The monoisotopic (exact) mass is 434 g/mol. The SMILES string of the molecule is COc1cc(/C=C/C(=O)OC(C)C(=O)Nc2ccc(N(C)C)cc2)ccc1OC(F)F. The average molecular weight is 434 g/mol. The molecular weight excluding hydrogens is 410 g/mol. The summed E-state index contributed by atoms with van der Waals surface area (Å²) < 4.78 is 39.2. The van der Waals surface area contributed by atoms with Gasteiger partial charge < -0.3 is 24.4 Å². The quantitative estimate of drug-likeness (QED) is 0.476. The number of methoxy groups -OCH3 is 1. The molecule has 2 aromatic rings. The summed E-state index contributed by atoms with van der Waals surface area (Å²) in [6.07, 6.45) is 1.50. The number of carbonyl (C=O) groups is 2. The Morgan fingerprint density at radius 1 is 1.06 bits per heavy atom. The van der Waals surface area contributed by atoms with E-state index in [0.717, 1.165) is 11.8 Å². The second-order valence-electron chi connectivity index (χ2n) is 6.63. The maximum atomic E-state index is 12.4. The van der Waals surface area contributed by atoms with Crippen LogP contribution in [-0.4, -0.2) is 45.8 Å². The van der Waals surface area contributed by atoms with Gasteiger partial charge in [-0.1, -0.05) is 6.07 Å². The number of rotatable bonds is 9. The van der Waals surface area contributed by atoms with E-state index in [2.05, 4.69) is 10.1 Å². The molecule has 1 N–H and O–H groups in total. The van der Waals surface area contributed by atoms with Gasteiger partial charge in [0.2, 0.25) is 0 Å². The van der Waals surface area contributed by atoms with Gasteiger partial charge >= 0.3 is 12.6 Å². The van der Waals surface area contributed by atoms with Gasteiger partial charge in [0.05, 0.1) is 7.11 Å². The van der Waals surface area contributed by atoms with Crippen molar-refractivity contribution in [3.63, 3.8) is 0 Å². The first-order chi connectivity index (χ1) is 14.7. The highest BCUT2D eigenvalue weighted by Gasteiger charge is 2.17. The summed E-state index contributed by atoms with van der Waals surface area (Å²) in [5.74, 6) is -1.25. The molecule has 1 amide bonds. The molecular formula is C22H24F2N2O5. The van der Waals surface area contributed by atoms with Crippen LogP contribution < -0.4 is 19.7 Å². The zero-order valence-corrected chi connectivity index (χ0v) is 17.6. The van der Waals surface area contributed by atoms with Gasteiger partial charge in [0.25, 0.3) is 5.91 Å². The van der Waals surface area contributed by atoms with E-state index in [1.165, 1.54) is 38.3 Å².